The van der Waals surface area contributed by atoms with Crippen molar-refractivity contribution in [1.29, 1.82) is 0 Å². The van der Waals surface area contributed by atoms with Gasteiger partial charge < -0.3 is 0 Å². The van der Waals surface area contributed by atoms with Gasteiger partial charge in [-0.05, 0) is 44.9 Å². The zero-order chi connectivity index (χ0) is 15.0. The maximum absolute atomic E-state index is 14.0. The predicted molar refractivity (Wildman–Crippen MR) is 86.5 cm³/mol. The van der Waals surface area contributed by atoms with E-state index in [9.17, 15) is 9.18 Å². The lowest BCUT2D eigenvalue weighted by atomic mass is 10.00. The number of halogens is 3. The summed E-state index contributed by atoms with van der Waals surface area (Å²) in [6, 6.07) is 15.5. The predicted octanol–water partition coefficient (Wildman–Crippen LogP) is 5.63. The van der Waals surface area contributed by atoms with Crippen molar-refractivity contribution < 1.29 is 9.18 Å². The highest BCUT2D eigenvalue weighted by Gasteiger charge is 2.16. The molecule has 3 aromatic carbocycles. The summed E-state index contributed by atoms with van der Waals surface area (Å²) in [6.45, 7) is 0. The molecule has 4 heteroatoms. The van der Waals surface area contributed by atoms with Gasteiger partial charge in [-0.2, -0.15) is 0 Å². The first kappa shape index (κ1) is 14.2. The van der Waals surface area contributed by atoms with Crippen molar-refractivity contribution >= 4 is 44.1 Å². The van der Waals surface area contributed by atoms with Crippen LogP contribution in [-0.2, 0) is 0 Å². The Balaban J connectivity index is 2.10. The average molecular weight is 364 g/mol. The average Bonchev–Trinajstić information content (AvgIpc) is 2.50. The molecule has 0 aromatic heterocycles. The highest BCUT2D eigenvalue weighted by molar-refractivity contribution is 9.10. The van der Waals surface area contributed by atoms with E-state index in [1.165, 1.54) is 12.1 Å². The van der Waals surface area contributed by atoms with Crippen molar-refractivity contribution in [3.05, 3.63) is 81.0 Å². The van der Waals surface area contributed by atoms with Crippen molar-refractivity contribution in [2.24, 2.45) is 0 Å². The smallest absolute Gasteiger partial charge is 0.196 e. The topological polar surface area (TPSA) is 17.1 Å². The van der Waals surface area contributed by atoms with Crippen LogP contribution in [0, 0.1) is 5.82 Å². The van der Waals surface area contributed by atoms with Gasteiger partial charge in [-0.15, -0.1) is 0 Å². The minimum Gasteiger partial charge on any atom is -0.288 e. The van der Waals surface area contributed by atoms with E-state index in [1.807, 2.05) is 30.3 Å². The van der Waals surface area contributed by atoms with Crippen LogP contribution in [0.1, 0.15) is 15.9 Å². The standard InChI is InChI=1S/C17H9BrClFO/c18-14-9-16(20)13(8-15(14)19)17(21)12-6-5-10-3-1-2-4-11(10)7-12/h1-9H. The van der Waals surface area contributed by atoms with E-state index >= 15 is 0 Å². The summed E-state index contributed by atoms with van der Waals surface area (Å²) in [6.07, 6.45) is 0. The molecule has 1 nitrogen and oxygen atoms in total. The molecule has 0 aliphatic carbocycles. The van der Waals surface area contributed by atoms with Gasteiger partial charge in [0.1, 0.15) is 5.82 Å². The van der Waals surface area contributed by atoms with Gasteiger partial charge in [0.2, 0.25) is 0 Å². The van der Waals surface area contributed by atoms with Crippen LogP contribution < -0.4 is 0 Å². The minimum atomic E-state index is -0.593. The number of carbonyl (C=O) groups is 1. The second kappa shape index (κ2) is 5.58. The maximum atomic E-state index is 14.0. The van der Waals surface area contributed by atoms with Crippen molar-refractivity contribution in [2.75, 3.05) is 0 Å². The summed E-state index contributed by atoms with van der Waals surface area (Å²) in [5, 5.41) is 2.27. The molecule has 0 amide bonds. The zero-order valence-corrected chi connectivity index (χ0v) is 13.1. The molecular weight excluding hydrogens is 355 g/mol. The Morgan fingerprint density at radius 2 is 1.71 bits per heavy atom. The third-order valence-electron chi connectivity index (χ3n) is 3.27. The third-order valence-corrected chi connectivity index (χ3v) is 4.46. The van der Waals surface area contributed by atoms with Crippen LogP contribution in [0.3, 0.4) is 0 Å². The summed E-state index contributed by atoms with van der Waals surface area (Å²) in [5.74, 6) is -0.975. The van der Waals surface area contributed by atoms with Crippen LogP contribution in [0.2, 0.25) is 5.02 Å². The number of benzene rings is 3. The SMILES string of the molecule is O=C(c1ccc2ccccc2c1)c1cc(Cl)c(Br)cc1F. The van der Waals surface area contributed by atoms with Crippen LogP contribution in [0.4, 0.5) is 4.39 Å². The van der Waals surface area contributed by atoms with Crippen LogP contribution >= 0.6 is 27.5 Å². The lowest BCUT2D eigenvalue weighted by Crippen LogP contribution is -2.04. The number of fused-ring (bicyclic) bond motifs is 1. The molecule has 21 heavy (non-hydrogen) atoms. The summed E-state index contributed by atoms with van der Waals surface area (Å²) >= 11 is 9.08. The third kappa shape index (κ3) is 2.71. The highest BCUT2D eigenvalue weighted by Crippen LogP contribution is 2.27. The van der Waals surface area contributed by atoms with Gasteiger partial charge >= 0.3 is 0 Å². The fraction of sp³-hybridized carbons (Fsp3) is 0. The van der Waals surface area contributed by atoms with E-state index in [1.54, 1.807) is 12.1 Å². The number of ketones is 1. The molecule has 0 N–H and O–H groups in total. The molecule has 0 fully saturated rings. The largest absolute Gasteiger partial charge is 0.288 e. The fourth-order valence-corrected chi connectivity index (χ4v) is 2.66. The Bertz CT molecular complexity index is 861. The Morgan fingerprint density at radius 3 is 2.48 bits per heavy atom. The molecule has 0 bridgehead atoms. The summed E-state index contributed by atoms with van der Waals surface area (Å²) in [4.78, 5) is 12.5. The number of carbonyl (C=O) groups excluding carboxylic acids is 1. The molecule has 0 saturated carbocycles. The summed E-state index contributed by atoms with van der Waals surface area (Å²) in [5.41, 5.74) is 0.407. The molecule has 3 aromatic rings. The van der Waals surface area contributed by atoms with Gasteiger partial charge in [0.05, 0.1) is 10.6 Å². The van der Waals surface area contributed by atoms with Gasteiger partial charge in [-0.25, -0.2) is 4.39 Å². The zero-order valence-electron chi connectivity index (χ0n) is 10.7. The van der Waals surface area contributed by atoms with E-state index in [0.29, 0.717) is 15.1 Å². The van der Waals surface area contributed by atoms with E-state index < -0.39 is 5.82 Å². The molecule has 0 aliphatic heterocycles. The molecule has 0 atom stereocenters. The monoisotopic (exact) mass is 362 g/mol. The fourth-order valence-electron chi connectivity index (χ4n) is 2.18. The van der Waals surface area contributed by atoms with Crippen molar-refractivity contribution in [2.45, 2.75) is 0 Å². The molecule has 0 heterocycles. The second-order valence-electron chi connectivity index (χ2n) is 4.64. The Labute approximate surface area is 134 Å². The first-order valence-corrected chi connectivity index (χ1v) is 7.41. The van der Waals surface area contributed by atoms with Crippen molar-refractivity contribution in [3.8, 4) is 0 Å². The van der Waals surface area contributed by atoms with Gasteiger partial charge in [0.15, 0.2) is 5.78 Å². The van der Waals surface area contributed by atoms with E-state index in [-0.39, 0.29) is 11.3 Å². The lowest BCUT2D eigenvalue weighted by molar-refractivity contribution is 0.103. The highest BCUT2D eigenvalue weighted by atomic mass is 79.9. The maximum Gasteiger partial charge on any atom is 0.196 e. The van der Waals surface area contributed by atoms with E-state index in [0.717, 1.165) is 10.8 Å². The minimum absolute atomic E-state index is 0.0292. The van der Waals surface area contributed by atoms with Gasteiger partial charge in [-0.3, -0.25) is 4.79 Å². The Morgan fingerprint density at radius 1 is 1.00 bits per heavy atom. The van der Waals surface area contributed by atoms with Crippen LogP contribution in [0.15, 0.2) is 59.1 Å². The molecule has 104 valence electrons. The first-order chi connectivity index (χ1) is 10.1. The lowest BCUT2D eigenvalue weighted by Gasteiger charge is -2.06. The molecule has 0 saturated heterocycles. The normalized spacial score (nSPS) is 10.8. The summed E-state index contributed by atoms with van der Waals surface area (Å²) < 4.78 is 14.4. The number of hydrogen-bond donors (Lipinski definition) is 0. The van der Waals surface area contributed by atoms with Crippen LogP contribution in [-0.4, -0.2) is 5.78 Å². The van der Waals surface area contributed by atoms with Crippen LogP contribution in [0.5, 0.6) is 0 Å². The van der Waals surface area contributed by atoms with Gasteiger partial charge in [0.25, 0.3) is 0 Å². The molecule has 0 unspecified atom stereocenters. The number of rotatable bonds is 2. The second-order valence-corrected chi connectivity index (χ2v) is 5.90. The molecule has 0 spiro atoms. The van der Waals surface area contributed by atoms with Gasteiger partial charge in [0, 0.05) is 10.0 Å². The molecule has 0 aliphatic rings. The van der Waals surface area contributed by atoms with Gasteiger partial charge in [-0.1, -0.05) is 48.0 Å². The summed E-state index contributed by atoms with van der Waals surface area (Å²) in [7, 11) is 0. The van der Waals surface area contributed by atoms with Crippen LogP contribution in [0.25, 0.3) is 10.8 Å². The Hall–Kier alpha value is -1.71. The van der Waals surface area contributed by atoms with E-state index in [4.69, 9.17) is 11.6 Å². The molecule has 0 radical (unpaired) electrons. The first-order valence-electron chi connectivity index (χ1n) is 6.24. The number of hydrogen-bond acceptors (Lipinski definition) is 1. The van der Waals surface area contributed by atoms with E-state index in [2.05, 4.69) is 15.9 Å². The van der Waals surface area contributed by atoms with Crippen molar-refractivity contribution in [3.63, 3.8) is 0 Å². The van der Waals surface area contributed by atoms with Crippen molar-refractivity contribution in [1.82, 2.24) is 0 Å². The Kier molecular flexibility index (Phi) is 3.79. The quantitative estimate of drug-likeness (QED) is 0.426. The molecular formula is C17H9BrClFO. The molecule has 3 rings (SSSR count).